The highest BCUT2D eigenvalue weighted by Crippen LogP contribution is 2.32. The van der Waals surface area contributed by atoms with E-state index in [4.69, 9.17) is 4.74 Å². The van der Waals surface area contributed by atoms with Crippen LogP contribution in [0.25, 0.3) is 0 Å². The Bertz CT molecular complexity index is 843. The summed E-state index contributed by atoms with van der Waals surface area (Å²) in [6.07, 6.45) is -4.01. The highest BCUT2D eigenvalue weighted by Gasteiger charge is 2.38. The van der Waals surface area contributed by atoms with Crippen molar-refractivity contribution in [3.63, 3.8) is 0 Å². The molecule has 1 aromatic carbocycles. The van der Waals surface area contributed by atoms with Gasteiger partial charge in [-0.3, -0.25) is 9.78 Å². The van der Waals surface area contributed by atoms with Crippen LogP contribution in [0.1, 0.15) is 34.5 Å². The molecule has 28 heavy (non-hydrogen) atoms. The Labute approximate surface area is 157 Å². The zero-order chi connectivity index (χ0) is 20.9. The number of ether oxygens (including phenoxy) is 1. The molecule has 2 atom stereocenters. The van der Waals surface area contributed by atoms with E-state index in [0.717, 1.165) is 0 Å². The van der Waals surface area contributed by atoms with Crippen molar-refractivity contribution in [3.05, 3.63) is 65.2 Å². The average Bonchev–Trinajstić information content (AvgIpc) is 2.65. The molecule has 0 radical (unpaired) electrons. The highest BCUT2D eigenvalue weighted by atomic mass is 19.4. The topological polar surface area (TPSA) is 88.5 Å². The van der Waals surface area contributed by atoms with Gasteiger partial charge in [0.2, 0.25) is 0 Å². The molecule has 2 unspecified atom stereocenters. The number of amides is 1. The summed E-state index contributed by atoms with van der Waals surface area (Å²) in [4.78, 5) is 28.3. The second-order valence-electron chi connectivity index (χ2n) is 5.62. The standard InChI is InChI=1S/C18H16F4N2O4/c1-2-28-17(27)14(15(25)10-4-3-7-23-9-10)24-16(26)12-6-5-11(19)8-13(12)18(20,21)22/h3-9,14-15,25H,2H2,1H3,(H,24,26). The smallest absolute Gasteiger partial charge is 0.417 e. The van der Waals surface area contributed by atoms with Crippen LogP contribution < -0.4 is 5.32 Å². The fourth-order valence-electron chi connectivity index (χ4n) is 2.41. The second kappa shape index (κ2) is 8.79. The minimum Gasteiger partial charge on any atom is -0.464 e. The van der Waals surface area contributed by atoms with E-state index in [9.17, 15) is 32.3 Å². The first-order valence-corrected chi connectivity index (χ1v) is 8.07. The minimum atomic E-state index is -5.00. The second-order valence-corrected chi connectivity index (χ2v) is 5.62. The van der Waals surface area contributed by atoms with Crippen LogP contribution >= 0.6 is 0 Å². The number of halogens is 4. The number of nitrogens with one attached hydrogen (secondary N) is 1. The van der Waals surface area contributed by atoms with Crippen molar-refractivity contribution in [2.45, 2.75) is 25.2 Å². The van der Waals surface area contributed by atoms with Crippen LogP contribution in [-0.4, -0.2) is 34.6 Å². The first-order chi connectivity index (χ1) is 13.1. The molecule has 150 valence electrons. The summed E-state index contributed by atoms with van der Waals surface area (Å²) in [5, 5.41) is 12.4. The SMILES string of the molecule is CCOC(=O)C(NC(=O)c1ccc(F)cc1C(F)(F)F)C(O)c1cccnc1. The van der Waals surface area contributed by atoms with Gasteiger partial charge in [0.1, 0.15) is 11.9 Å². The third kappa shape index (κ3) is 5.03. The van der Waals surface area contributed by atoms with Crippen LogP contribution in [0.2, 0.25) is 0 Å². The first-order valence-electron chi connectivity index (χ1n) is 8.07. The lowest BCUT2D eigenvalue weighted by molar-refractivity contribution is -0.148. The van der Waals surface area contributed by atoms with Crippen LogP contribution in [0.3, 0.4) is 0 Å². The van der Waals surface area contributed by atoms with E-state index in [1.165, 1.54) is 31.5 Å². The van der Waals surface area contributed by atoms with E-state index in [1.54, 1.807) is 0 Å². The van der Waals surface area contributed by atoms with Gasteiger partial charge in [0, 0.05) is 18.0 Å². The number of aliphatic hydroxyl groups excluding tert-OH is 1. The lowest BCUT2D eigenvalue weighted by atomic mass is 10.0. The van der Waals surface area contributed by atoms with Gasteiger partial charge in [-0.1, -0.05) is 6.07 Å². The minimum absolute atomic E-state index is 0.0880. The van der Waals surface area contributed by atoms with E-state index < -0.39 is 47.1 Å². The summed E-state index contributed by atoms with van der Waals surface area (Å²) in [6, 6.07) is 2.67. The molecule has 0 fully saturated rings. The van der Waals surface area contributed by atoms with Gasteiger partial charge >= 0.3 is 12.1 Å². The quantitative estimate of drug-likeness (QED) is 0.575. The molecule has 0 aliphatic carbocycles. The maximum Gasteiger partial charge on any atom is 0.417 e. The summed E-state index contributed by atoms with van der Waals surface area (Å²) >= 11 is 0. The number of alkyl halides is 3. The monoisotopic (exact) mass is 400 g/mol. The molecule has 0 bridgehead atoms. The molecule has 6 nitrogen and oxygen atoms in total. The largest absolute Gasteiger partial charge is 0.464 e. The molecule has 2 aromatic rings. The number of hydrogen-bond acceptors (Lipinski definition) is 5. The van der Waals surface area contributed by atoms with Crippen molar-refractivity contribution >= 4 is 11.9 Å². The molecular weight excluding hydrogens is 384 g/mol. The molecule has 0 saturated carbocycles. The molecule has 1 heterocycles. The van der Waals surface area contributed by atoms with Crippen molar-refractivity contribution in [3.8, 4) is 0 Å². The lowest BCUT2D eigenvalue weighted by Crippen LogP contribution is -2.46. The molecule has 2 rings (SSSR count). The third-order valence-corrected chi connectivity index (χ3v) is 3.70. The number of nitrogens with zero attached hydrogens (tertiary/aromatic N) is 1. The summed E-state index contributed by atoms with van der Waals surface area (Å²) in [5.74, 6) is -3.56. The molecule has 2 N–H and O–H groups in total. The van der Waals surface area contributed by atoms with Gasteiger partial charge in [-0.25, -0.2) is 9.18 Å². The van der Waals surface area contributed by atoms with Gasteiger partial charge < -0.3 is 15.2 Å². The van der Waals surface area contributed by atoms with E-state index in [-0.39, 0.29) is 18.2 Å². The number of esters is 1. The van der Waals surface area contributed by atoms with E-state index in [2.05, 4.69) is 4.98 Å². The fourth-order valence-corrected chi connectivity index (χ4v) is 2.41. The Hall–Kier alpha value is -3.01. The number of carbonyl (C=O) groups excluding carboxylic acids is 2. The summed E-state index contributed by atoms with van der Waals surface area (Å²) < 4.78 is 57.4. The number of rotatable bonds is 6. The van der Waals surface area contributed by atoms with Gasteiger partial charge in [-0.15, -0.1) is 0 Å². The molecule has 1 aromatic heterocycles. The molecule has 0 aliphatic rings. The normalized spacial score (nSPS) is 13.5. The van der Waals surface area contributed by atoms with Crippen LogP contribution in [-0.2, 0) is 15.7 Å². The fraction of sp³-hybridized carbons (Fsp3) is 0.278. The van der Waals surface area contributed by atoms with Crippen molar-refractivity contribution in [1.29, 1.82) is 0 Å². The Morgan fingerprint density at radius 3 is 2.57 bits per heavy atom. The van der Waals surface area contributed by atoms with E-state index in [1.807, 2.05) is 5.32 Å². The Kier molecular flexibility index (Phi) is 6.68. The Balaban J connectivity index is 2.37. The predicted molar refractivity (Wildman–Crippen MR) is 88.5 cm³/mol. The van der Waals surface area contributed by atoms with Gasteiger partial charge in [0.25, 0.3) is 5.91 Å². The molecule has 10 heteroatoms. The molecule has 0 saturated heterocycles. The number of carbonyl (C=O) groups is 2. The van der Waals surface area contributed by atoms with Crippen LogP contribution in [0.5, 0.6) is 0 Å². The van der Waals surface area contributed by atoms with Gasteiger partial charge in [0.15, 0.2) is 6.04 Å². The number of hydrogen-bond donors (Lipinski definition) is 2. The van der Waals surface area contributed by atoms with Crippen LogP contribution in [0, 0.1) is 5.82 Å². The van der Waals surface area contributed by atoms with Crippen molar-refractivity contribution in [2.75, 3.05) is 6.61 Å². The number of aliphatic hydroxyl groups is 1. The zero-order valence-electron chi connectivity index (χ0n) is 14.5. The molecule has 0 spiro atoms. The average molecular weight is 400 g/mol. The predicted octanol–water partition coefficient (Wildman–Crippen LogP) is 2.63. The van der Waals surface area contributed by atoms with Crippen molar-refractivity contribution < 1.29 is 37.0 Å². The number of aromatic nitrogens is 1. The molecule has 0 aliphatic heterocycles. The zero-order valence-corrected chi connectivity index (χ0v) is 14.5. The lowest BCUT2D eigenvalue weighted by Gasteiger charge is -2.23. The highest BCUT2D eigenvalue weighted by molar-refractivity contribution is 5.98. The van der Waals surface area contributed by atoms with Gasteiger partial charge in [-0.2, -0.15) is 13.2 Å². The van der Waals surface area contributed by atoms with E-state index >= 15 is 0 Å². The molecule has 1 amide bonds. The number of benzene rings is 1. The number of pyridine rings is 1. The third-order valence-electron chi connectivity index (χ3n) is 3.70. The Morgan fingerprint density at radius 1 is 1.29 bits per heavy atom. The van der Waals surface area contributed by atoms with Crippen LogP contribution in [0.15, 0.2) is 42.7 Å². The van der Waals surface area contributed by atoms with E-state index in [0.29, 0.717) is 12.1 Å². The molecular formula is C18H16F4N2O4. The summed E-state index contributed by atoms with van der Waals surface area (Å²) in [7, 11) is 0. The first kappa shape index (κ1) is 21.3. The maximum absolute atomic E-state index is 13.2. The van der Waals surface area contributed by atoms with Crippen molar-refractivity contribution in [1.82, 2.24) is 10.3 Å². The van der Waals surface area contributed by atoms with Gasteiger partial charge in [0.05, 0.1) is 17.7 Å². The Morgan fingerprint density at radius 2 is 2.00 bits per heavy atom. The summed E-state index contributed by atoms with van der Waals surface area (Å²) in [5.41, 5.74) is -2.28. The maximum atomic E-state index is 13.2. The van der Waals surface area contributed by atoms with Gasteiger partial charge in [-0.05, 0) is 31.2 Å². The van der Waals surface area contributed by atoms with Crippen LogP contribution in [0.4, 0.5) is 17.6 Å². The van der Waals surface area contributed by atoms with Crippen molar-refractivity contribution in [2.24, 2.45) is 0 Å². The summed E-state index contributed by atoms with van der Waals surface area (Å²) in [6.45, 7) is 1.39.